The van der Waals surface area contributed by atoms with Crippen molar-refractivity contribution in [3.8, 4) is 11.8 Å². The van der Waals surface area contributed by atoms with Gasteiger partial charge in [0, 0.05) is 12.7 Å². The van der Waals surface area contributed by atoms with Gasteiger partial charge in [0.25, 0.3) is 11.5 Å². The molecule has 0 aliphatic carbocycles. The second-order valence-corrected chi connectivity index (χ2v) is 5.74. The molecule has 1 amide bonds. The summed E-state index contributed by atoms with van der Waals surface area (Å²) in [5, 5.41) is 11.6. The van der Waals surface area contributed by atoms with Gasteiger partial charge in [0.05, 0.1) is 24.3 Å². The van der Waals surface area contributed by atoms with Gasteiger partial charge in [-0.2, -0.15) is 5.26 Å². The zero-order valence-corrected chi connectivity index (χ0v) is 13.7. The van der Waals surface area contributed by atoms with Gasteiger partial charge >= 0.3 is 5.69 Å². The molecule has 26 heavy (non-hydrogen) atoms. The van der Waals surface area contributed by atoms with Gasteiger partial charge in [0.2, 0.25) is 0 Å². The number of nitrogens with one attached hydrogen (secondary N) is 3. The Morgan fingerprint density at radius 2 is 2.04 bits per heavy atom. The maximum atomic E-state index is 12.3. The molecule has 1 saturated heterocycles. The summed E-state index contributed by atoms with van der Waals surface area (Å²) in [5.74, 6) is -0.0307. The van der Waals surface area contributed by atoms with Crippen LogP contribution in [0.1, 0.15) is 22.5 Å². The number of amides is 1. The van der Waals surface area contributed by atoms with Crippen LogP contribution in [0.2, 0.25) is 0 Å². The molecule has 2 atom stereocenters. The van der Waals surface area contributed by atoms with Gasteiger partial charge in [-0.05, 0) is 30.7 Å². The number of benzene rings is 1. The second kappa shape index (κ2) is 7.67. The minimum absolute atomic E-state index is 0.123. The van der Waals surface area contributed by atoms with Gasteiger partial charge in [-0.1, -0.05) is 0 Å². The number of hydrogen-bond donors (Lipinski definition) is 3. The predicted molar refractivity (Wildman–Crippen MR) is 89.9 cm³/mol. The molecular formula is C17H16N4O5. The molecule has 1 aromatic carbocycles. The fourth-order valence-corrected chi connectivity index (χ4v) is 2.61. The van der Waals surface area contributed by atoms with Gasteiger partial charge in [0.15, 0.2) is 0 Å². The van der Waals surface area contributed by atoms with E-state index in [4.69, 9.17) is 14.7 Å². The van der Waals surface area contributed by atoms with E-state index in [0.717, 1.165) is 6.07 Å². The van der Waals surface area contributed by atoms with Crippen molar-refractivity contribution < 1.29 is 14.3 Å². The van der Waals surface area contributed by atoms with Crippen LogP contribution in [-0.4, -0.2) is 41.2 Å². The van der Waals surface area contributed by atoms with Crippen LogP contribution in [0.4, 0.5) is 0 Å². The van der Waals surface area contributed by atoms with Crippen LogP contribution < -0.4 is 21.3 Å². The summed E-state index contributed by atoms with van der Waals surface area (Å²) in [6.07, 6.45) is 0.0643. The number of carbonyl (C=O) groups is 1. The van der Waals surface area contributed by atoms with Crippen molar-refractivity contribution >= 4 is 5.91 Å². The molecule has 1 aliphatic rings. The average molecular weight is 356 g/mol. The maximum Gasteiger partial charge on any atom is 0.326 e. The fraction of sp³-hybridized carbons (Fsp3) is 0.294. The molecule has 134 valence electrons. The standard InChI is InChI=1S/C17H16N4O5/c18-8-10-1-3-11(4-2-10)26-14-9-25-6-5-12(14)19-16(23)13-7-15(22)21-17(24)20-13/h1-4,7,12,14H,5-6,9H2,(H,19,23)(H2,20,21,22,24)/t12-,14-/m1/s1. The van der Waals surface area contributed by atoms with E-state index in [1.165, 1.54) is 0 Å². The normalized spacial score (nSPS) is 19.3. The lowest BCUT2D eigenvalue weighted by Gasteiger charge is -2.32. The van der Waals surface area contributed by atoms with Crippen molar-refractivity contribution in [3.05, 3.63) is 62.4 Å². The minimum Gasteiger partial charge on any atom is -0.486 e. The lowest BCUT2D eigenvalue weighted by Crippen LogP contribution is -2.51. The average Bonchev–Trinajstić information content (AvgIpc) is 2.63. The molecule has 3 N–H and O–H groups in total. The Balaban J connectivity index is 1.71. The van der Waals surface area contributed by atoms with Gasteiger partial charge in [-0.3, -0.25) is 14.6 Å². The van der Waals surface area contributed by atoms with Crippen molar-refractivity contribution in [3.63, 3.8) is 0 Å². The summed E-state index contributed by atoms with van der Waals surface area (Å²) < 4.78 is 11.3. The Hall–Kier alpha value is -3.38. The number of H-pyrrole nitrogens is 2. The molecule has 1 aliphatic heterocycles. The number of nitrogens with zero attached hydrogens (tertiary/aromatic N) is 1. The molecular weight excluding hydrogens is 340 g/mol. The van der Waals surface area contributed by atoms with Crippen molar-refractivity contribution in [2.45, 2.75) is 18.6 Å². The highest BCUT2D eigenvalue weighted by molar-refractivity contribution is 5.92. The van der Waals surface area contributed by atoms with Gasteiger partial charge < -0.3 is 19.8 Å². The highest BCUT2D eigenvalue weighted by Crippen LogP contribution is 2.18. The van der Waals surface area contributed by atoms with Crippen molar-refractivity contribution in [2.24, 2.45) is 0 Å². The van der Waals surface area contributed by atoms with Crippen LogP contribution in [0.5, 0.6) is 5.75 Å². The fourth-order valence-electron chi connectivity index (χ4n) is 2.61. The molecule has 9 nitrogen and oxygen atoms in total. The Labute approximate surface area is 147 Å². The highest BCUT2D eigenvalue weighted by Gasteiger charge is 2.29. The molecule has 0 saturated carbocycles. The second-order valence-electron chi connectivity index (χ2n) is 5.74. The Morgan fingerprint density at radius 3 is 2.73 bits per heavy atom. The van der Waals surface area contributed by atoms with Gasteiger partial charge in [0.1, 0.15) is 17.5 Å². The van der Waals surface area contributed by atoms with Gasteiger partial charge in [-0.15, -0.1) is 0 Å². The highest BCUT2D eigenvalue weighted by atomic mass is 16.5. The molecule has 2 aromatic rings. The first kappa shape index (κ1) is 17.4. The summed E-state index contributed by atoms with van der Waals surface area (Å²) >= 11 is 0. The zero-order valence-electron chi connectivity index (χ0n) is 13.7. The number of nitriles is 1. The quantitative estimate of drug-likeness (QED) is 0.700. The predicted octanol–water partition coefficient (Wildman–Crippen LogP) is -0.0988. The van der Waals surface area contributed by atoms with Crippen molar-refractivity contribution in [1.29, 1.82) is 5.26 Å². The summed E-state index contributed by atoms with van der Waals surface area (Å²) in [4.78, 5) is 39.3. The van der Waals surface area contributed by atoms with Crippen LogP contribution in [0.25, 0.3) is 0 Å². The molecule has 0 bridgehead atoms. The van der Waals surface area contributed by atoms with Crippen LogP contribution in [0.15, 0.2) is 39.9 Å². The maximum absolute atomic E-state index is 12.3. The van der Waals surface area contributed by atoms with E-state index in [0.29, 0.717) is 24.3 Å². The SMILES string of the molecule is N#Cc1ccc(O[C@@H]2COCC[C@H]2NC(=O)c2cc(=O)[nH]c(=O)[nH]2)cc1. The van der Waals surface area contributed by atoms with E-state index in [9.17, 15) is 14.4 Å². The topological polar surface area (TPSA) is 137 Å². The summed E-state index contributed by atoms with van der Waals surface area (Å²) in [5.41, 5.74) is -1.01. The molecule has 0 spiro atoms. The molecule has 3 rings (SSSR count). The van der Waals surface area contributed by atoms with Crippen LogP contribution in [0.3, 0.4) is 0 Å². The first-order chi connectivity index (χ1) is 12.5. The number of aromatic nitrogens is 2. The van der Waals surface area contributed by atoms with E-state index >= 15 is 0 Å². The third-order valence-corrected chi connectivity index (χ3v) is 3.90. The summed E-state index contributed by atoms with van der Waals surface area (Å²) in [7, 11) is 0. The lowest BCUT2D eigenvalue weighted by atomic mass is 10.1. The van der Waals surface area contributed by atoms with Gasteiger partial charge in [-0.25, -0.2) is 4.79 Å². The van der Waals surface area contributed by atoms with E-state index in [2.05, 4.69) is 10.3 Å². The lowest BCUT2D eigenvalue weighted by molar-refractivity contribution is -0.0135. The Bertz CT molecular complexity index is 913. The molecule has 0 radical (unpaired) electrons. The Morgan fingerprint density at radius 1 is 1.27 bits per heavy atom. The van der Waals surface area contributed by atoms with E-state index < -0.39 is 23.3 Å². The van der Waals surface area contributed by atoms with E-state index in [1.54, 1.807) is 24.3 Å². The van der Waals surface area contributed by atoms with E-state index in [1.807, 2.05) is 11.1 Å². The third kappa shape index (κ3) is 4.17. The van der Waals surface area contributed by atoms with Crippen molar-refractivity contribution in [2.75, 3.05) is 13.2 Å². The van der Waals surface area contributed by atoms with Crippen LogP contribution in [0, 0.1) is 11.3 Å². The summed E-state index contributed by atoms with van der Waals surface area (Å²) in [6, 6.07) is 9.28. The largest absolute Gasteiger partial charge is 0.486 e. The molecule has 1 fully saturated rings. The van der Waals surface area contributed by atoms with Crippen LogP contribution in [-0.2, 0) is 4.74 Å². The number of rotatable bonds is 4. The minimum atomic E-state index is -0.750. The molecule has 0 unspecified atom stereocenters. The zero-order chi connectivity index (χ0) is 18.5. The number of carbonyl (C=O) groups excluding carboxylic acids is 1. The molecule has 1 aromatic heterocycles. The Kier molecular flexibility index (Phi) is 5.15. The number of aromatic amines is 2. The molecule has 9 heteroatoms. The van der Waals surface area contributed by atoms with E-state index in [-0.39, 0.29) is 18.3 Å². The number of hydrogen-bond acceptors (Lipinski definition) is 6. The number of ether oxygens (including phenoxy) is 2. The summed E-state index contributed by atoms with van der Waals surface area (Å²) in [6.45, 7) is 0.723. The molecule has 2 heterocycles. The van der Waals surface area contributed by atoms with Crippen molar-refractivity contribution in [1.82, 2.24) is 15.3 Å². The first-order valence-electron chi connectivity index (χ1n) is 7.94. The first-order valence-corrected chi connectivity index (χ1v) is 7.94. The monoisotopic (exact) mass is 356 g/mol. The third-order valence-electron chi connectivity index (χ3n) is 3.90. The van der Waals surface area contributed by atoms with Crippen LogP contribution >= 0.6 is 0 Å². The smallest absolute Gasteiger partial charge is 0.326 e.